The maximum absolute atomic E-state index is 11.8. The molecule has 8 heteroatoms. The van der Waals surface area contributed by atoms with Gasteiger partial charge < -0.3 is 15.6 Å². The standard InChI is InChI=1S/C14H16N4O4/c19-7-6-15-16-8-11-12(20)17-14(22)18(13(11)21)9-10-4-2-1-3-5-10/h1-5,8,15,19,21H,6-7,9H2,(H,17,20,22)/b16-8+. The molecule has 1 aromatic heterocycles. The Labute approximate surface area is 125 Å². The molecule has 1 heterocycles. The second-order valence-electron chi connectivity index (χ2n) is 4.46. The van der Waals surface area contributed by atoms with Crippen molar-refractivity contribution in [3.8, 4) is 5.88 Å². The van der Waals surface area contributed by atoms with Crippen LogP contribution in [0.4, 0.5) is 0 Å². The molecule has 22 heavy (non-hydrogen) atoms. The molecule has 0 bridgehead atoms. The third kappa shape index (κ3) is 3.61. The van der Waals surface area contributed by atoms with E-state index in [1.807, 2.05) is 18.2 Å². The molecule has 8 nitrogen and oxygen atoms in total. The van der Waals surface area contributed by atoms with E-state index < -0.39 is 17.1 Å². The van der Waals surface area contributed by atoms with Crippen LogP contribution < -0.4 is 16.7 Å². The Bertz CT molecular complexity index is 765. The van der Waals surface area contributed by atoms with Crippen LogP contribution in [0.25, 0.3) is 0 Å². The Kier molecular flexibility index (Phi) is 5.10. The van der Waals surface area contributed by atoms with Crippen LogP contribution in [-0.2, 0) is 6.54 Å². The van der Waals surface area contributed by atoms with Gasteiger partial charge in [0.25, 0.3) is 5.56 Å². The van der Waals surface area contributed by atoms with Crippen LogP contribution in [0.15, 0.2) is 45.0 Å². The van der Waals surface area contributed by atoms with Crippen molar-refractivity contribution < 1.29 is 10.2 Å². The van der Waals surface area contributed by atoms with Gasteiger partial charge in [-0.25, -0.2) is 4.79 Å². The van der Waals surface area contributed by atoms with Crippen LogP contribution in [0.2, 0.25) is 0 Å². The number of hydrogen-bond donors (Lipinski definition) is 4. The van der Waals surface area contributed by atoms with Crippen molar-refractivity contribution in [3.05, 3.63) is 62.3 Å². The topological polar surface area (TPSA) is 120 Å². The van der Waals surface area contributed by atoms with E-state index in [1.54, 1.807) is 12.1 Å². The number of H-pyrrole nitrogens is 1. The van der Waals surface area contributed by atoms with Gasteiger partial charge in [0.2, 0.25) is 5.88 Å². The highest BCUT2D eigenvalue weighted by Crippen LogP contribution is 2.10. The van der Waals surface area contributed by atoms with Crippen molar-refractivity contribution in [2.75, 3.05) is 13.2 Å². The highest BCUT2D eigenvalue weighted by Gasteiger charge is 2.12. The zero-order valence-electron chi connectivity index (χ0n) is 11.7. The smallest absolute Gasteiger partial charge is 0.331 e. The predicted octanol–water partition coefficient (Wildman–Crippen LogP) is -0.794. The number of hydrazone groups is 1. The van der Waals surface area contributed by atoms with Crippen molar-refractivity contribution >= 4 is 6.21 Å². The monoisotopic (exact) mass is 304 g/mol. The molecular formula is C14H16N4O4. The van der Waals surface area contributed by atoms with Gasteiger partial charge in [-0.05, 0) is 5.56 Å². The molecule has 0 radical (unpaired) electrons. The molecule has 4 N–H and O–H groups in total. The first-order valence-corrected chi connectivity index (χ1v) is 6.60. The Morgan fingerprint density at radius 1 is 1.27 bits per heavy atom. The summed E-state index contributed by atoms with van der Waals surface area (Å²) in [6, 6.07) is 9.06. The van der Waals surface area contributed by atoms with E-state index in [0.717, 1.165) is 16.3 Å². The normalized spacial score (nSPS) is 11.0. The molecule has 0 unspecified atom stereocenters. The number of nitrogens with zero attached hydrogens (tertiary/aromatic N) is 2. The van der Waals surface area contributed by atoms with Crippen molar-refractivity contribution in [1.82, 2.24) is 15.0 Å². The van der Waals surface area contributed by atoms with Crippen LogP contribution in [0.3, 0.4) is 0 Å². The van der Waals surface area contributed by atoms with Gasteiger partial charge in [0, 0.05) is 0 Å². The van der Waals surface area contributed by atoms with Crippen LogP contribution in [-0.4, -0.2) is 39.1 Å². The summed E-state index contributed by atoms with van der Waals surface area (Å²) in [4.78, 5) is 25.7. The number of aromatic nitrogens is 2. The van der Waals surface area contributed by atoms with Crippen molar-refractivity contribution in [2.45, 2.75) is 6.54 Å². The zero-order valence-corrected chi connectivity index (χ0v) is 11.7. The fraction of sp³-hybridized carbons (Fsp3) is 0.214. The number of aliphatic hydroxyl groups is 1. The van der Waals surface area contributed by atoms with Gasteiger partial charge in [0.1, 0.15) is 5.56 Å². The second-order valence-corrected chi connectivity index (χ2v) is 4.46. The Hall–Kier alpha value is -2.87. The van der Waals surface area contributed by atoms with Crippen LogP contribution >= 0.6 is 0 Å². The molecule has 2 aromatic rings. The fourth-order valence-electron chi connectivity index (χ4n) is 1.83. The van der Waals surface area contributed by atoms with Gasteiger partial charge in [0.05, 0.1) is 25.9 Å². The molecule has 0 aliphatic rings. The average molecular weight is 304 g/mol. The minimum atomic E-state index is -0.735. The summed E-state index contributed by atoms with van der Waals surface area (Å²) in [5.41, 5.74) is 1.71. The van der Waals surface area contributed by atoms with Gasteiger partial charge in [-0.1, -0.05) is 30.3 Å². The number of nitrogens with one attached hydrogen (secondary N) is 2. The average Bonchev–Trinajstić information content (AvgIpc) is 2.51. The lowest BCUT2D eigenvalue weighted by molar-refractivity contribution is 0.294. The van der Waals surface area contributed by atoms with E-state index in [-0.39, 0.29) is 25.3 Å². The van der Waals surface area contributed by atoms with E-state index in [2.05, 4.69) is 15.5 Å². The molecule has 116 valence electrons. The second kappa shape index (κ2) is 7.23. The first-order valence-electron chi connectivity index (χ1n) is 6.60. The highest BCUT2D eigenvalue weighted by molar-refractivity contribution is 5.81. The first kappa shape index (κ1) is 15.5. The largest absolute Gasteiger partial charge is 0.494 e. The Balaban J connectivity index is 2.36. The number of hydrogen-bond acceptors (Lipinski definition) is 6. The molecular weight excluding hydrogens is 288 g/mol. The number of rotatable bonds is 6. The maximum atomic E-state index is 11.8. The predicted molar refractivity (Wildman–Crippen MR) is 81.2 cm³/mol. The highest BCUT2D eigenvalue weighted by atomic mass is 16.3. The number of aliphatic hydroxyl groups excluding tert-OH is 1. The first-order chi connectivity index (χ1) is 10.6. The third-order valence-corrected chi connectivity index (χ3v) is 2.90. The van der Waals surface area contributed by atoms with Gasteiger partial charge in [-0.3, -0.25) is 14.3 Å². The summed E-state index contributed by atoms with van der Waals surface area (Å²) < 4.78 is 1.05. The fourth-order valence-corrected chi connectivity index (χ4v) is 1.83. The Morgan fingerprint density at radius 2 is 2.00 bits per heavy atom. The van der Waals surface area contributed by atoms with Gasteiger partial charge in [-0.2, -0.15) is 5.10 Å². The van der Waals surface area contributed by atoms with E-state index in [4.69, 9.17) is 5.11 Å². The summed E-state index contributed by atoms with van der Waals surface area (Å²) >= 11 is 0. The lowest BCUT2D eigenvalue weighted by atomic mass is 10.2. The van der Waals surface area contributed by atoms with Crippen LogP contribution in [0.5, 0.6) is 5.88 Å². The summed E-state index contributed by atoms with van der Waals surface area (Å²) in [5.74, 6) is -0.466. The van der Waals surface area contributed by atoms with E-state index in [9.17, 15) is 14.7 Å². The molecule has 0 spiro atoms. The minimum absolute atomic E-state index is 0.118. The molecule has 0 fully saturated rings. The summed E-state index contributed by atoms with van der Waals surface area (Å²) in [7, 11) is 0. The molecule has 1 aromatic carbocycles. The minimum Gasteiger partial charge on any atom is -0.494 e. The Morgan fingerprint density at radius 3 is 2.68 bits per heavy atom. The lowest BCUT2D eigenvalue weighted by Gasteiger charge is -2.09. The summed E-state index contributed by atoms with van der Waals surface area (Å²) in [6.07, 6.45) is 1.10. The number of benzene rings is 1. The number of aromatic hydroxyl groups is 1. The van der Waals surface area contributed by atoms with Crippen molar-refractivity contribution in [3.63, 3.8) is 0 Å². The summed E-state index contributed by atoms with van der Waals surface area (Å²) in [5, 5.41) is 22.5. The van der Waals surface area contributed by atoms with Crippen molar-refractivity contribution in [1.29, 1.82) is 0 Å². The lowest BCUT2D eigenvalue weighted by Crippen LogP contribution is -2.32. The van der Waals surface area contributed by atoms with Crippen molar-refractivity contribution in [2.24, 2.45) is 5.10 Å². The van der Waals surface area contributed by atoms with Crippen LogP contribution in [0.1, 0.15) is 11.1 Å². The molecule has 0 atom stereocenters. The van der Waals surface area contributed by atoms with Gasteiger partial charge in [0.15, 0.2) is 0 Å². The molecule has 0 saturated heterocycles. The van der Waals surface area contributed by atoms with Crippen LogP contribution in [0, 0.1) is 0 Å². The van der Waals surface area contributed by atoms with Gasteiger partial charge >= 0.3 is 5.69 Å². The number of aromatic amines is 1. The third-order valence-electron chi connectivity index (χ3n) is 2.90. The molecule has 0 aliphatic heterocycles. The van der Waals surface area contributed by atoms with E-state index >= 15 is 0 Å². The maximum Gasteiger partial charge on any atom is 0.331 e. The molecule has 0 amide bonds. The van der Waals surface area contributed by atoms with E-state index in [0.29, 0.717) is 0 Å². The molecule has 2 rings (SSSR count). The van der Waals surface area contributed by atoms with E-state index in [1.165, 1.54) is 0 Å². The summed E-state index contributed by atoms with van der Waals surface area (Å²) in [6.45, 7) is 0.208. The van der Waals surface area contributed by atoms with Gasteiger partial charge in [-0.15, -0.1) is 0 Å². The SMILES string of the molecule is O=c1[nH]c(=O)n(Cc2ccccc2)c(O)c1/C=N/NCCO. The quantitative estimate of drug-likeness (QED) is 0.317. The zero-order chi connectivity index (χ0) is 15.9. The molecule has 0 aliphatic carbocycles. The molecule has 0 saturated carbocycles.